The summed E-state index contributed by atoms with van der Waals surface area (Å²) in [4.78, 5) is 13.4. The van der Waals surface area contributed by atoms with Crippen molar-refractivity contribution in [3.63, 3.8) is 0 Å². The summed E-state index contributed by atoms with van der Waals surface area (Å²) in [6, 6.07) is 5.43. The van der Waals surface area contributed by atoms with Crippen molar-refractivity contribution in [3.05, 3.63) is 29.3 Å². The van der Waals surface area contributed by atoms with Crippen LogP contribution in [0.25, 0.3) is 0 Å². The van der Waals surface area contributed by atoms with Gasteiger partial charge in [0, 0.05) is 18.8 Å². The Hall–Kier alpha value is -1.55. The smallest absolute Gasteiger partial charge is 0.335 e. The van der Waals surface area contributed by atoms with Crippen LogP contribution in [0.15, 0.2) is 18.2 Å². The summed E-state index contributed by atoms with van der Waals surface area (Å²) < 4.78 is 6.05. The quantitative estimate of drug-likeness (QED) is 0.921. The molecule has 0 radical (unpaired) electrons. The van der Waals surface area contributed by atoms with Crippen molar-refractivity contribution in [3.8, 4) is 0 Å². The van der Waals surface area contributed by atoms with E-state index < -0.39 is 5.97 Å². The maximum atomic E-state index is 11.1. The number of fused-ring (bicyclic) bond motifs is 1. The van der Waals surface area contributed by atoms with Crippen LogP contribution in [0, 0.1) is 0 Å². The van der Waals surface area contributed by atoms with Gasteiger partial charge < -0.3 is 14.7 Å². The molecule has 1 saturated heterocycles. The Balaban J connectivity index is 1.75. The van der Waals surface area contributed by atoms with Gasteiger partial charge in [-0.3, -0.25) is 0 Å². The minimum absolute atomic E-state index is 0.0177. The summed E-state index contributed by atoms with van der Waals surface area (Å²) in [6.07, 6.45) is 3.42. The van der Waals surface area contributed by atoms with E-state index in [1.54, 1.807) is 12.1 Å². The topological polar surface area (TPSA) is 49.8 Å². The Morgan fingerprint density at radius 2 is 2.30 bits per heavy atom. The highest BCUT2D eigenvalue weighted by Crippen LogP contribution is 2.34. The normalized spacial score (nSPS) is 23.9. The van der Waals surface area contributed by atoms with E-state index in [2.05, 4.69) is 18.7 Å². The average molecular weight is 275 g/mol. The van der Waals surface area contributed by atoms with E-state index in [0.717, 1.165) is 38.0 Å². The number of ether oxygens (including phenoxy) is 1. The van der Waals surface area contributed by atoms with Crippen LogP contribution in [0.3, 0.4) is 0 Å². The Bertz CT molecular complexity index is 539. The van der Waals surface area contributed by atoms with E-state index in [4.69, 9.17) is 9.84 Å². The zero-order valence-corrected chi connectivity index (χ0v) is 12.1. The van der Waals surface area contributed by atoms with E-state index in [1.165, 1.54) is 5.56 Å². The van der Waals surface area contributed by atoms with Gasteiger partial charge in [-0.25, -0.2) is 4.79 Å². The lowest BCUT2D eigenvalue weighted by molar-refractivity contribution is -0.0114. The minimum atomic E-state index is -0.863. The molecule has 4 nitrogen and oxygen atoms in total. The second kappa shape index (κ2) is 4.77. The summed E-state index contributed by atoms with van der Waals surface area (Å²) in [6.45, 7) is 6.08. The molecule has 3 rings (SSSR count). The Labute approximate surface area is 119 Å². The highest BCUT2D eigenvalue weighted by atomic mass is 16.5. The first-order valence-electron chi connectivity index (χ1n) is 7.24. The molecular formula is C16H21NO3. The van der Waals surface area contributed by atoms with Gasteiger partial charge >= 0.3 is 5.97 Å². The maximum absolute atomic E-state index is 11.1. The van der Waals surface area contributed by atoms with E-state index in [9.17, 15) is 4.79 Å². The predicted molar refractivity (Wildman–Crippen MR) is 77.5 cm³/mol. The number of carboxylic acid groups (broad SMARTS) is 1. The third kappa shape index (κ3) is 2.52. The number of hydrogen-bond acceptors (Lipinski definition) is 3. The molecule has 0 aliphatic carbocycles. The fourth-order valence-electron chi connectivity index (χ4n) is 3.22. The zero-order chi connectivity index (χ0) is 14.3. The van der Waals surface area contributed by atoms with Crippen LogP contribution in [0.5, 0.6) is 0 Å². The summed E-state index contributed by atoms with van der Waals surface area (Å²) in [5, 5.41) is 9.11. The van der Waals surface area contributed by atoms with Gasteiger partial charge in [0.25, 0.3) is 0 Å². The molecule has 20 heavy (non-hydrogen) atoms. The van der Waals surface area contributed by atoms with Crippen molar-refractivity contribution >= 4 is 11.7 Å². The Morgan fingerprint density at radius 1 is 1.50 bits per heavy atom. The first-order valence-corrected chi connectivity index (χ1v) is 7.24. The molecular weight excluding hydrogens is 254 g/mol. The van der Waals surface area contributed by atoms with Crippen LogP contribution in [0.1, 0.15) is 42.6 Å². The van der Waals surface area contributed by atoms with Crippen molar-refractivity contribution in [2.75, 3.05) is 18.0 Å². The third-order valence-electron chi connectivity index (χ3n) is 4.30. The molecule has 0 aromatic heterocycles. The van der Waals surface area contributed by atoms with E-state index in [0.29, 0.717) is 5.56 Å². The highest BCUT2D eigenvalue weighted by Gasteiger charge is 2.33. The van der Waals surface area contributed by atoms with Crippen LogP contribution in [-0.4, -0.2) is 35.9 Å². The lowest BCUT2D eigenvalue weighted by atomic mass is 10.1. The van der Waals surface area contributed by atoms with Crippen LogP contribution >= 0.6 is 0 Å². The molecule has 2 heterocycles. The summed E-state index contributed by atoms with van der Waals surface area (Å²) >= 11 is 0. The summed E-state index contributed by atoms with van der Waals surface area (Å²) in [7, 11) is 0. The molecule has 1 N–H and O–H groups in total. The lowest BCUT2D eigenvalue weighted by Crippen LogP contribution is -2.32. The fourth-order valence-corrected chi connectivity index (χ4v) is 3.22. The lowest BCUT2D eigenvalue weighted by Gasteiger charge is -2.25. The SMILES string of the molecule is CC1(C)CCC(CN2CCc3ccc(C(=O)O)cc32)O1. The number of hydrogen-bond donors (Lipinski definition) is 1. The van der Waals surface area contributed by atoms with Crippen molar-refractivity contribution in [2.24, 2.45) is 0 Å². The molecule has 1 atom stereocenters. The molecule has 1 fully saturated rings. The number of aromatic carboxylic acids is 1. The number of benzene rings is 1. The van der Waals surface area contributed by atoms with Gasteiger partial charge in [-0.2, -0.15) is 0 Å². The van der Waals surface area contributed by atoms with Crippen LogP contribution in [-0.2, 0) is 11.2 Å². The molecule has 108 valence electrons. The van der Waals surface area contributed by atoms with E-state index in [-0.39, 0.29) is 11.7 Å². The van der Waals surface area contributed by atoms with Crippen molar-refractivity contribution in [1.82, 2.24) is 0 Å². The molecule has 0 bridgehead atoms. The maximum Gasteiger partial charge on any atom is 0.335 e. The third-order valence-corrected chi connectivity index (χ3v) is 4.30. The first kappa shape index (κ1) is 13.4. The van der Waals surface area contributed by atoms with Gasteiger partial charge in [0.1, 0.15) is 0 Å². The number of carboxylic acids is 1. The van der Waals surface area contributed by atoms with E-state index in [1.807, 2.05) is 6.07 Å². The van der Waals surface area contributed by atoms with Gasteiger partial charge in [0.15, 0.2) is 0 Å². The zero-order valence-electron chi connectivity index (χ0n) is 12.1. The van der Waals surface area contributed by atoms with Gasteiger partial charge in [0.2, 0.25) is 0 Å². The minimum Gasteiger partial charge on any atom is -0.478 e. The van der Waals surface area contributed by atoms with Gasteiger partial charge in [-0.05, 0) is 50.8 Å². The first-order chi connectivity index (χ1) is 9.44. The monoisotopic (exact) mass is 275 g/mol. The van der Waals surface area contributed by atoms with Crippen molar-refractivity contribution in [2.45, 2.75) is 44.8 Å². The molecule has 1 aromatic rings. The number of nitrogens with zero attached hydrogens (tertiary/aromatic N) is 1. The fraction of sp³-hybridized carbons (Fsp3) is 0.562. The number of rotatable bonds is 3. The van der Waals surface area contributed by atoms with Crippen LogP contribution in [0.2, 0.25) is 0 Å². The standard InChI is InChI=1S/C16H21NO3/c1-16(2)7-5-13(20-16)10-17-8-6-11-3-4-12(15(18)19)9-14(11)17/h3-4,9,13H,5-8,10H2,1-2H3,(H,18,19). The van der Waals surface area contributed by atoms with E-state index >= 15 is 0 Å². The second-order valence-corrected chi connectivity index (χ2v) is 6.38. The molecule has 2 aliphatic heterocycles. The predicted octanol–water partition coefficient (Wildman–Crippen LogP) is 2.70. The van der Waals surface area contributed by atoms with Crippen LogP contribution in [0.4, 0.5) is 5.69 Å². The molecule has 2 aliphatic rings. The number of carbonyl (C=O) groups is 1. The number of anilines is 1. The summed E-state index contributed by atoms with van der Waals surface area (Å²) in [5.41, 5.74) is 2.66. The summed E-state index contributed by atoms with van der Waals surface area (Å²) in [5.74, 6) is -0.863. The Morgan fingerprint density at radius 3 is 2.95 bits per heavy atom. The molecule has 0 saturated carbocycles. The van der Waals surface area contributed by atoms with Gasteiger partial charge in [0.05, 0.1) is 17.3 Å². The molecule has 1 unspecified atom stereocenters. The second-order valence-electron chi connectivity index (χ2n) is 6.38. The van der Waals surface area contributed by atoms with Crippen molar-refractivity contribution < 1.29 is 14.6 Å². The molecule has 4 heteroatoms. The average Bonchev–Trinajstić information content (AvgIpc) is 2.93. The van der Waals surface area contributed by atoms with Gasteiger partial charge in [-0.15, -0.1) is 0 Å². The molecule has 0 amide bonds. The van der Waals surface area contributed by atoms with Crippen molar-refractivity contribution in [1.29, 1.82) is 0 Å². The molecule has 1 aromatic carbocycles. The largest absolute Gasteiger partial charge is 0.478 e. The Kier molecular flexibility index (Phi) is 3.21. The molecule has 0 spiro atoms. The highest BCUT2D eigenvalue weighted by molar-refractivity contribution is 5.89. The van der Waals surface area contributed by atoms with Gasteiger partial charge in [-0.1, -0.05) is 6.07 Å². The van der Waals surface area contributed by atoms with Crippen LogP contribution < -0.4 is 4.90 Å².